The standard InChI is InChI=1S/C70H49N/c1-3-16-50(17-4-1)51-30-32-52(33-31-51)54-38-44-60(45-39-54)71(61-46-40-55(41-47-61)53-34-36-58(37-35-53)64-29-15-21-57-20-7-8-22-63(57)64)62-48-42-59(43-49-62)66-24-10-12-26-68(66)70-28-14-13-27-69(70)67-25-11-9-23-65(67)56-18-5-2-6-19-56/h1-49H. The van der Waals surface area contributed by atoms with E-state index in [1.54, 1.807) is 0 Å². The second-order valence-corrected chi connectivity index (χ2v) is 18.0. The molecule has 0 bridgehead atoms. The van der Waals surface area contributed by atoms with Crippen LogP contribution in [0.25, 0.3) is 99.8 Å². The third kappa shape index (κ3) is 8.74. The van der Waals surface area contributed by atoms with Gasteiger partial charge >= 0.3 is 0 Å². The third-order valence-corrected chi connectivity index (χ3v) is 13.8. The van der Waals surface area contributed by atoms with Crippen LogP contribution in [0.15, 0.2) is 297 Å². The molecule has 12 aromatic carbocycles. The molecule has 0 saturated heterocycles. The van der Waals surface area contributed by atoms with E-state index in [0.29, 0.717) is 0 Å². The lowest BCUT2D eigenvalue weighted by molar-refractivity contribution is 1.28. The minimum Gasteiger partial charge on any atom is -0.311 e. The maximum Gasteiger partial charge on any atom is 0.0462 e. The Hall–Kier alpha value is -9.30. The van der Waals surface area contributed by atoms with Crippen molar-refractivity contribution in [3.05, 3.63) is 297 Å². The first-order valence-electron chi connectivity index (χ1n) is 24.4. The summed E-state index contributed by atoms with van der Waals surface area (Å²) < 4.78 is 0. The predicted molar refractivity (Wildman–Crippen MR) is 302 cm³/mol. The number of fused-ring (bicyclic) bond motifs is 1. The zero-order valence-corrected chi connectivity index (χ0v) is 39.2. The van der Waals surface area contributed by atoms with Gasteiger partial charge in [0, 0.05) is 17.1 Å². The Morgan fingerprint density at radius 3 is 0.859 bits per heavy atom. The molecule has 334 valence electrons. The molecule has 0 spiro atoms. The fraction of sp³-hybridized carbons (Fsp3) is 0. The summed E-state index contributed by atoms with van der Waals surface area (Å²) in [4.78, 5) is 2.36. The van der Waals surface area contributed by atoms with Gasteiger partial charge in [-0.25, -0.2) is 0 Å². The molecule has 12 aromatic rings. The molecule has 0 amide bonds. The SMILES string of the molecule is c1ccc(-c2ccc(-c3ccc(N(c4ccc(-c5ccc(-c6cccc7ccccc67)cc5)cc4)c4ccc(-c5ccccc5-c5ccccc5-c5ccccc5-c5ccccc5)cc4)cc3)cc2)cc1. The molecular formula is C70H49N. The number of hydrogen-bond donors (Lipinski definition) is 0. The first kappa shape index (κ1) is 43.0. The van der Waals surface area contributed by atoms with Crippen molar-refractivity contribution < 1.29 is 0 Å². The van der Waals surface area contributed by atoms with E-state index >= 15 is 0 Å². The lowest BCUT2D eigenvalue weighted by Gasteiger charge is -2.26. The number of anilines is 3. The Kier molecular flexibility index (Phi) is 11.7. The maximum absolute atomic E-state index is 2.36. The molecule has 0 atom stereocenters. The molecule has 0 heterocycles. The number of nitrogens with zero attached hydrogens (tertiary/aromatic N) is 1. The van der Waals surface area contributed by atoms with Crippen molar-refractivity contribution in [2.75, 3.05) is 4.90 Å². The fourth-order valence-corrected chi connectivity index (χ4v) is 10.2. The van der Waals surface area contributed by atoms with Gasteiger partial charge in [-0.05, 0) is 136 Å². The summed E-state index contributed by atoms with van der Waals surface area (Å²) in [6.07, 6.45) is 0. The van der Waals surface area contributed by atoms with Crippen LogP contribution in [0.3, 0.4) is 0 Å². The van der Waals surface area contributed by atoms with Crippen molar-refractivity contribution in [2.24, 2.45) is 0 Å². The average molecular weight is 904 g/mol. The quantitative estimate of drug-likeness (QED) is 0.125. The predicted octanol–water partition coefficient (Wildman–Crippen LogP) is 19.6. The van der Waals surface area contributed by atoms with Gasteiger partial charge in [0.15, 0.2) is 0 Å². The van der Waals surface area contributed by atoms with E-state index in [1.165, 1.54) is 94.2 Å². The molecule has 0 unspecified atom stereocenters. The zero-order chi connectivity index (χ0) is 47.3. The normalized spacial score (nSPS) is 11.1. The first-order valence-corrected chi connectivity index (χ1v) is 24.4. The second-order valence-electron chi connectivity index (χ2n) is 18.0. The minimum atomic E-state index is 1.08. The summed E-state index contributed by atoms with van der Waals surface area (Å²) in [5.74, 6) is 0. The van der Waals surface area contributed by atoms with Crippen LogP contribution in [0.4, 0.5) is 17.1 Å². The van der Waals surface area contributed by atoms with Crippen LogP contribution >= 0.6 is 0 Å². The number of hydrogen-bond acceptors (Lipinski definition) is 1. The Morgan fingerprint density at radius 1 is 0.155 bits per heavy atom. The molecule has 0 radical (unpaired) electrons. The van der Waals surface area contributed by atoms with E-state index < -0.39 is 0 Å². The highest BCUT2D eigenvalue weighted by atomic mass is 15.1. The monoisotopic (exact) mass is 903 g/mol. The van der Waals surface area contributed by atoms with Gasteiger partial charge in [-0.2, -0.15) is 0 Å². The highest BCUT2D eigenvalue weighted by Crippen LogP contribution is 2.43. The molecule has 0 aliphatic rings. The molecule has 1 nitrogen and oxygen atoms in total. The van der Waals surface area contributed by atoms with Gasteiger partial charge in [0.1, 0.15) is 0 Å². The van der Waals surface area contributed by atoms with E-state index in [4.69, 9.17) is 0 Å². The highest BCUT2D eigenvalue weighted by Gasteiger charge is 2.18. The Bertz CT molecular complexity index is 3740. The molecule has 0 saturated carbocycles. The summed E-state index contributed by atoms with van der Waals surface area (Å²) in [5, 5.41) is 2.52. The molecule has 12 rings (SSSR count). The largest absolute Gasteiger partial charge is 0.311 e. The summed E-state index contributed by atoms with van der Waals surface area (Å²) in [7, 11) is 0. The van der Waals surface area contributed by atoms with E-state index in [9.17, 15) is 0 Å². The van der Waals surface area contributed by atoms with Gasteiger partial charge in [0.2, 0.25) is 0 Å². The van der Waals surface area contributed by atoms with Crippen LogP contribution in [-0.4, -0.2) is 0 Å². The lowest BCUT2D eigenvalue weighted by atomic mass is 9.87. The zero-order valence-electron chi connectivity index (χ0n) is 39.2. The Labute approximate surface area is 416 Å². The molecule has 0 aliphatic carbocycles. The van der Waals surface area contributed by atoms with Gasteiger partial charge in [0.05, 0.1) is 0 Å². The van der Waals surface area contributed by atoms with Gasteiger partial charge in [-0.1, -0.05) is 261 Å². The summed E-state index contributed by atoms with van der Waals surface area (Å²) >= 11 is 0. The smallest absolute Gasteiger partial charge is 0.0462 e. The summed E-state index contributed by atoms with van der Waals surface area (Å²) in [5.41, 5.74) is 22.5. The van der Waals surface area contributed by atoms with Gasteiger partial charge in [0.25, 0.3) is 0 Å². The molecule has 0 aliphatic heterocycles. The fourth-order valence-electron chi connectivity index (χ4n) is 10.2. The van der Waals surface area contributed by atoms with Crippen LogP contribution in [0.5, 0.6) is 0 Å². The van der Waals surface area contributed by atoms with Crippen molar-refractivity contribution in [1.29, 1.82) is 0 Å². The van der Waals surface area contributed by atoms with Crippen molar-refractivity contribution in [3.8, 4) is 89.0 Å². The molecule has 1 heteroatoms. The van der Waals surface area contributed by atoms with Gasteiger partial charge in [-0.3, -0.25) is 0 Å². The Morgan fingerprint density at radius 2 is 0.408 bits per heavy atom. The first-order chi connectivity index (χ1) is 35.2. The van der Waals surface area contributed by atoms with Crippen LogP contribution in [0, 0.1) is 0 Å². The molecular weight excluding hydrogens is 855 g/mol. The van der Waals surface area contributed by atoms with Crippen molar-refractivity contribution in [1.82, 2.24) is 0 Å². The topological polar surface area (TPSA) is 3.24 Å². The minimum absolute atomic E-state index is 1.08. The Balaban J connectivity index is 0.887. The van der Waals surface area contributed by atoms with Crippen molar-refractivity contribution in [3.63, 3.8) is 0 Å². The van der Waals surface area contributed by atoms with Gasteiger partial charge in [-0.15, -0.1) is 0 Å². The van der Waals surface area contributed by atoms with E-state index in [1.807, 2.05) is 0 Å². The number of rotatable bonds is 11. The summed E-state index contributed by atoms with van der Waals surface area (Å²) in [6, 6.07) is 108. The van der Waals surface area contributed by atoms with Crippen molar-refractivity contribution >= 4 is 27.8 Å². The molecule has 0 N–H and O–H groups in total. The van der Waals surface area contributed by atoms with Crippen LogP contribution in [-0.2, 0) is 0 Å². The van der Waals surface area contributed by atoms with Gasteiger partial charge < -0.3 is 4.90 Å². The van der Waals surface area contributed by atoms with Crippen molar-refractivity contribution in [2.45, 2.75) is 0 Å². The highest BCUT2D eigenvalue weighted by molar-refractivity contribution is 5.98. The molecule has 0 fully saturated rings. The van der Waals surface area contributed by atoms with Crippen LogP contribution < -0.4 is 4.90 Å². The third-order valence-electron chi connectivity index (χ3n) is 13.8. The molecule has 0 aromatic heterocycles. The second kappa shape index (κ2) is 19.4. The number of benzene rings is 12. The van der Waals surface area contributed by atoms with Crippen LogP contribution in [0.1, 0.15) is 0 Å². The van der Waals surface area contributed by atoms with E-state index in [2.05, 4.69) is 302 Å². The van der Waals surface area contributed by atoms with E-state index in [0.717, 1.165) is 22.6 Å². The van der Waals surface area contributed by atoms with Crippen LogP contribution in [0.2, 0.25) is 0 Å². The summed E-state index contributed by atoms with van der Waals surface area (Å²) in [6.45, 7) is 0. The molecule has 71 heavy (non-hydrogen) atoms. The average Bonchev–Trinajstić information content (AvgIpc) is 3.46. The lowest BCUT2D eigenvalue weighted by Crippen LogP contribution is -2.09. The van der Waals surface area contributed by atoms with E-state index in [-0.39, 0.29) is 0 Å². The maximum atomic E-state index is 2.36.